The van der Waals surface area contributed by atoms with E-state index in [1.165, 1.54) is 6.07 Å². The van der Waals surface area contributed by atoms with Gasteiger partial charge in [0.15, 0.2) is 0 Å². The minimum atomic E-state index is -0.497. The van der Waals surface area contributed by atoms with Crippen molar-refractivity contribution in [1.82, 2.24) is 4.57 Å². The maximum absolute atomic E-state index is 13.5. The molecule has 0 saturated carbocycles. The van der Waals surface area contributed by atoms with Gasteiger partial charge in [-0.15, -0.1) is 0 Å². The van der Waals surface area contributed by atoms with Crippen molar-refractivity contribution in [2.75, 3.05) is 0 Å². The fourth-order valence-corrected chi connectivity index (χ4v) is 2.07. The Hall–Kier alpha value is -1.13. The molecule has 1 aromatic carbocycles. The molecule has 1 unspecified atom stereocenters. The summed E-state index contributed by atoms with van der Waals surface area (Å²) in [5, 5.41) is 9.41. The highest BCUT2D eigenvalue weighted by molar-refractivity contribution is 9.10. The fraction of sp³-hybridized carbons (Fsp3) is 0.231. The van der Waals surface area contributed by atoms with Crippen LogP contribution in [0.3, 0.4) is 0 Å². The summed E-state index contributed by atoms with van der Waals surface area (Å²) >= 11 is 3.32. The van der Waals surface area contributed by atoms with Crippen molar-refractivity contribution in [1.29, 1.82) is 0 Å². The Morgan fingerprint density at radius 2 is 2.18 bits per heavy atom. The zero-order chi connectivity index (χ0) is 12.4. The topological polar surface area (TPSA) is 25.2 Å². The molecule has 0 aliphatic heterocycles. The minimum absolute atomic E-state index is 0.222. The van der Waals surface area contributed by atoms with Gasteiger partial charge in [-0.1, -0.05) is 15.9 Å². The first kappa shape index (κ1) is 12.3. The van der Waals surface area contributed by atoms with Gasteiger partial charge in [0, 0.05) is 29.0 Å². The van der Waals surface area contributed by atoms with Crippen LogP contribution in [0.5, 0.6) is 0 Å². The molecule has 0 bridgehead atoms. The molecule has 1 heterocycles. The van der Waals surface area contributed by atoms with Gasteiger partial charge in [-0.3, -0.25) is 0 Å². The van der Waals surface area contributed by atoms with Gasteiger partial charge in [-0.05, 0) is 36.8 Å². The maximum atomic E-state index is 13.5. The first-order chi connectivity index (χ1) is 8.06. The summed E-state index contributed by atoms with van der Waals surface area (Å²) in [6.07, 6.45) is 3.16. The molecule has 2 rings (SSSR count). The Morgan fingerprint density at radius 1 is 1.41 bits per heavy atom. The van der Waals surface area contributed by atoms with Crippen LogP contribution in [0.15, 0.2) is 41.1 Å². The van der Waals surface area contributed by atoms with Crippen LogP contribution >= 0.6 is 15.9 Å². The van der Waals surface area contributed by atoms with E-state index in [4.69, 9.17) is 0 Å². The average molecular weight is 298 g/mol. The molecule has 17 heavy (non-hydrogen) atoms. The highest BCUT2D eigenvalue weighted by Crippen LogP contribution is 2.18. The third-order valence-electron chi connectivity index (χ3n) is 2.62. The summed E-state index contributed by atoms with van der Waals surface area (Å²) < 4.78 is 16.2. The van der Waals surface area contributed by atoms with E-state index in [0.29, 0.717) is 12.1 Å². The molecule has 0 amide bonds. The standard InChI is InChI=1S/C13H13BrFNO/c1-9(17)10-4-5-16(7-10)8-11-6-12(14)2-3-13(11)15/h2-7,9,17H,8H2,1H3. The van der Waals surface area contributed by atoms with Gasteiger partial charge in [-0.2, -0.15) is 0 Å². The molecule has 0 saturated heterocycles. The Kier molecular flexibility index (Phi) is 3.64. The molecular weight excluding hydrogens is 285 g/mol. The molecular formula is C13H13BrFNO. The second kappa shape index (κ2) is 5.02. The lowest BCUT2D eigenvalue weighted by Gasteiger charge is -2.06. The van der Waals surface area contributed by atoms with Crippen molar-refractivity contribution < 1.29 is 9.50 Å². The molecule has 1 aromatic heterocycles. The number of rotatable bonds is 3. The molecule has 0 aliphatic rings. The Labute approximate surface area is 108 Å². The van der Waals surface area contributed by atoms with Crippen LogP contribution in [0, 0.1) is 5.82 Å². The lowest BCUT2D eigenvalue weighted by Crippen LogP contribution is -1.99. The largest absolute Gasteiger partial charge is 0.389 e. The van der Waals surface area contributed by atoms with Crippen LogP contribution in [0.4, 0.5) is 4.39 Å². The number of halogens is 2. The molecule has 0 aliphatic carbocycles. The number of aromatic nitrogens is 1. The predicted molar refractivity (Wildman–Crippen MR) is 68.3 cm³/mol. The van der Waals surface area contributed by atoms with E-state index < -0.39 is 6.10 Å². The van der Waals surface area contributed by atoms with Crippen molar-refractivity contribution in [2.45, 2.75) is 19.6 Å². The average Bonchev–Trinajstić information content (AvgIpc) is 2.72. The van der Waals surface area contributed by atoms with Crippen LogP contribution in [0.1, 0.15) is 24.2 Å². The third-order valence-corrected chi connectivity index (χ3v) is 3.11. The van der Waals surface area contributed by atoms with E-state index in [9.17, 15) is 9.50 Å². The van der Waals surface area contributed by atoms with E-state index in [0.717, 1.165) is 10.0 Å². The van der Waals surface area contributed by atoms with Gasteiger partial charge in [0.2, 0.25) is 0 Å². The SMILES string of the molecule is CC(O)c1ccn(Cc2cc(Br)ccc2F)c1. The maximum Gasteiger partial charge on any atom is 0.128 e. The first-order valence-corrected chi connectivity index (χ1v) is 6.13. The van der Waals surface area contributed by atoms with E-state index in [2.05, 4.69) is 15.9 Å². The van der Waals surface area contributed by atoms with E-state index in [-0.39, 0.29) is 5.82 Å². The molecule has 0 radical (unpaired) electrons. The normalized spacial score (nSPS) is 12.7. The van der Waals surface area contributed by atoms with Crippen molar-refractivity contribution >= 4 is 15.9 Å². The van der Waals surface area contributed by atoms with Crippen LogP contribution in [-0.2, 0) is 6.54 Å². The summed E-state index contributed by atoms with van der Waals surface area (Å²) in [5.74, 6) is -0.222. The molecule has 90 valence electrons. The van der Waals surface area contributed by atoms with Crippen molar-refractivity contribution in [3.05, 3.63) is 58.1 Å². The minimum Gasteiger partial charge on any atom is -0.389 e. The monoisotopic (exact) mass is 297 g/mol. The number of aliphatic hydroxyl groups is 1. The van der Waals surface area contributed by atoms with Gasteiger partial charge in [0.1, 0.15) is 5.82 Å². The smallest absolute Gasteiger partial charge is 0.128 e. The highest BCUT2D eigenvalue weighted by Gasteiger charge is 2.06. The molecule has 2 nitrogen and oxygen atoms in total. The lowest BCUT2D eigenvalue weighted by molar-refractivity contribution is 0.199. The van der Waals surface area contributed by atoms with Gasteiger partial charge in [0.25, 0.3) is 0 Å². The van der Waals surface area contributed by atoms with Gasteiger partial charge >= 0.3 is 0 Å². The molecule has 1 atom stereocenters. The molecule has 2 aromatic rings. The quantitative estimate of drug-likeness (QED) is 0.922. The number of benzene rings is 1. The second-order valence-corrected chi connectivity index (χ2v) is 4.94. The number of hydrogen-bond acceptors (Lipinski definition) is 1. The highest BCUT2D eigenvalue weighted by atomic mass is 79.9. The molecule has 4 heteroatoms. The summed E-state index contributed by atoms with van der Waals surface area (Å²) in [6.45, 7) is 2.16. The van der Waals surface area contributed by atoms with Gasteiger partial charge in [0.05, 0.1) is 6.10 Å². The van der Waals surface area contributed by atoms with E-state index >= 15 is 0 Å². The molecule has 0 spiro atoms. The van der Waals surface area contributed by atoms with Crippen LogP contribution in [0.2, 0.25) is 0 Å². The Morgan fingerprint density at radius 3 is 2.82 bits per heavy atom. The summed E-state index contributed by atoms with van der Waals surface area (Å²) in [6, 6.07) is 6.71. The van der Waals surface area contributed by atoms with E-state index in [1.807, 2.05) is 23.0 Å². The van der Waals surface area contributed by atoms with E-state index in [1.54, 1.807) is 19.1 Å². The zero-order valence-electron chi connectivity index (χ0n) is 9.40. The number of hydrogen-bond donors (Lipinski definition) is 1. The second-order valence-electron chi connectivity index (χ2n) is 4.03. The van der Waals surface area contributed by atoms with Gasteiger partial charge in [-0.25, -0.2) is 4.39 Å². The van der Waals surface area contributed by atoms with Crippen molar-refractivity contribution in [3.63, 3.8) is 0 Å². The fourth-order valence-electron chi connectivity index (χ4n) is 1.67. The van der Waals surface area contributed by atoms with Crippen molar-refractivity contribution in [3.8, 4) is 0 Å². The zero-order valence-corrected chi connectivity index (χ0v) is 11.0. The predicted octanol–water partition coefficient (Wildman–Crippen LogP) is 3.49. The third kappa shape index (κ3) is 2.96. The summed E-state index contributed by atoms with van der Waals surface area (Å²) in [7, 11) is 0. The summed E-state index contributed by atoms with van der Waals surface area (Å²) in [4.78, 5) is 0. The van der Waals surface area contributed by atoms with Crippen molar-refractivity contribution in [2.24, 2.45) is 0 Å². The Bertz CT molecular complexity index is 522. The number of aliphatic hydroxyl groups excluding tert-OH is 1. The Balaban J connectivity index is 2.22. The van der Waals surface area contributed by atoms with Gasteiger partial charge < -0.3 is 9.67 Å². The lowest BCUT2D eigenvalue weighted by atomic mass is 10.2. The summed E-state index contributed by atoms with van der Waals surface area (Å²) in [5.41, 5.74) is 1.45. The van der Waals surface area contributed by atoms with Crippen LogP contribution in [-0.4, -0.2) is 9.67 Å². The van der Waals surface area contributed by atoms with Crippen LogP contribution < -0.4 is 0 Å². The van der Waals surface area contributed by atoms with Crippen LogP contribution in [0.25, 0.3) is 0 Å². The molecule has 1 N–H and O–H groups in total. The first-order valence-electron chi connectivity index (χ1n) is 5.34. The number of nitrogens with zero attached hydrogens (tertiary/aromatic N) is 1. The molecule has 0 fully saturated rings.